The molecule has 2 aromatic carbocycles. The van der Waals surface area contributed by atoms with Crippen molar-refractivity contribution in [3.05, 3.63) is 59.4 Å². The van der Waals surface area contributed by atoms with Gasteiger partial charge in [0.1, 0.15) is 11.6 Å². The SMILES string of the molecule is N#CC1OCC(C(=O)O)=C1C(=O)Nc1ccc(-c2cccc(OC(F)(F)F)c2)cc1F. The zero-order valence-electron chi connectivity index (χ0n) is 15.4. The van der Waals surface area contributed by atoms with E-state index in [4.69, 9.17) is 15.1 Å². The highest BCUT2D eigenvalue weighted by molar-refractivity contribution is 6.10. The van der Waals surface area contributed by atoms with Crippen molar-refractivity contribution >= 4 is 17.6 Å². The smallest absolute Gasteiger partial charge is 0.478 e. The standard InChI is InChI=1S/C20H12F4N2O5/c21-14-7-11(10-2-1-3-12(6-10)31-20(22,23)24)4-5-15(14)26-18(27)17-13(19(28)29)9-30-16(17)8-25/h1-7,16H,9H2,(H,26,27)(H,28,29). The number of nitrogens with zero attached hydrogens (tertiary/aromatic N) is 1. The van der Waals surface area contributed by atoms with E-state index in [1.54, 1.807) is 6.07 Å². The second kappa shape index (κ2) is 8.45. The highest BCUT2D eigenvalue weighted by Gasteiger charge is 2.35. The van der Waals surface area contributed by atoms with Crippen molar-refractivity contribution in [2.45, 2.75) is 12.5 Å². The van der Waals surface area contributed by atoms with Crippen LogP contribution in [0.3, 0.4) is 0 Å². The molecule has 31 heavy (non-hydrogen) atoms. The molecule has 1 heterocycles. The molecule has 1 aliphatic heterocycles. The molecule has 160 valence electrons. The van der Waals surface area contributed by atoms with Crippen LogP contribution in [0, 0.1) is 17.1 Å². The van der Waals surface area contributed by atoms with Crippen LogP contribution >= 0.6 is 0 Å². The van der Waals surface area contributed by atoms with Crippen LogP contribution in [0.1, 0.15) is 0 Å². The van der Waals surface area contributed by atoms with E-state index in [1.807, 2.05) is 0 Å². The fourth-order valence-corrected chi connectivity index (χ4v) is 2.88. The number of nitriles is 1. The second-order valence-corrected chi connectivity index (χ2v) is 6.24. The molecule has 1 amide bonds. The molecule has 0 spiro atoms. The molecule has 0 aromatic heterocycles. The van der Waals surface area contributed by atoms with Crippen LogP contribution in [-0.4, -0.2) is 36.1 Å². The Bertz CT molecular complexity index is 1120. The number of carboxylic acids is 1. The topological polar surface area (TPSA) is 109 Å². The zero-order valence-corrected chi connectivity index (χ0v) is 15.4. The summed E-state index contributed by atoms with van der Waals surface area (Å²) in [5, 5.41) is 20.3. The van der Waals surface area contributed by atoms with E-state index in [0.717, 1.165) is 24.3 Å². The first-order valence-electron chi connectivity index (χ1n) is 8.53. The number of rotatable bonds is 5. The van der Waals surface area contributed by atoms with Crippen LogP contribution in [0.5, 0.6) is 5.75 Å². The predicted octanol–water partition coefficient (Wildman–Crippen LogP) is 3.63. The van der Waals surface area contributed by atoms with Gasteiger partial charge in [-0.2, -0.15) is 5.26 Å². The lowest BCUT2D eigenvalue weighted by Gasteiger charge is -2.12. The average Bonchev–Trinajstić information content (AvgIpc) is 3.13. The number of hydrogen-bond acceptors (Lipinski definition) is 5. The largest absolute Gasteiger partial charge is 0.573 e. The van der Waals surface area contributed by atoms with Gasteiger partial charge in [-0.15, -0.1) is 13.2 Å². The summed E-state index contributed by atoms with van der Waals surface area (Å²) in [6.45, 7) is -0.450. The van der Waals surface area contributed by atoms with Crippen molar-refractivity contribution in [2.24, 2.45) is 0 Å². The maximum absolute atomic E-state index is 14.5. The third-order valence-corrected chi connectivity index (χ3v) is 4.22. The fourth-order valence-electron chi connectivity index (χ4n) is 2.88. The predicted molar refractivity (Wildman–Crippen MR) is 97.2 cm³/mol. The minimum absolute atomic E-state index is 0.202. The third-order valence-electron chi connectivity index (χ3n) is 4.22. The van der Waals surface area contributed by atoms with E-state index in [9.17, 15) is 27.2 Å². The van der Waals surface area contributed by atoms with E-state index < -0.39 is 53.7 Å². The highest BCUT2D eigenvalue weighted by Crippen LogP contribution is 2.30. The molecule has 0 saturated heterocycles. The molecule has 0 fully saturated rings. The number of ether oxygens (including phenoxy) is 2. The van der Waals surface area contributed by atoms with Gasteiger partial charge >= 0.3 is 12.3 Å². The van der Waals surface area contributed by atoms with Gasteiger partial charge in [0.25, 0.3) is 5.91 Å². The first kappa shape index (κ1) is 21.8. The number of halogens is 4. The summed E-state index contributed by atoms with van der Waals surface area (Å²) >= 11 is 0. The number of nitrogens with one attached hydrogen (secondary N) is 1. The first-order chi connectivity index (χ1) is 14.6. The van der Waals surface area contributed by atoms with E-state index in [2.05, 4.69) is 10.1 Å². The molecule has 0 radical (unpaired) electrons. The van der Waals surface area contributed by atoms with Gasteiger partial charge < -0.3 is 19.9 Å². The lowest BCUT2D eigenvalue weighted by Crippen LogP contribution is -2.23. The number of carboxylic acid groups (broad SMARTS) is 1. The molecule has 3 rings (SSSR count). The molecular weight excluding hydrogens is 424 g/mol. The average molecular weight is 436 g/mol. The van der Waals surface area contributed by atoms with Crippen LogP contribution in [0.25, 0.3) is 11.1 Å². The summed E-state index contributed by atoms with van der Waals surface area (Å²) < 4.78 is 60.5. The molecule has 1 aliphatic rings. The molecule has 1 atom stereocenters. The normalized spacial score (nSPS) is 16.0. The minimum atomic E-state index is -4.88. The summed E-state index contributed by atoms with van der Waals surface area (Å²) in [5.41, 5.74) is -0.744. The quantitative estimate of drug-likeness (QED) is 0.693. The fraction of sp³-hybridized carbons (Fsp3) is 0.150. The van der Waals surface area contributed by atoms with Crippen molar-refractivity contribution < 1.29 is 41.7 Å². The lowest BCUT2D eigenvalue weighted by atomic mass is 10.0. The summed E-state index contributed by atoms with van der Waals surface area (Å²) in [5.74, 6) is -3.88. The Morgan fingerprint density at radius 1 is 1.19 bits per heavy atom. The van der Waals surface area contributed by atoms with E-state index >= 15 is 0 Å². The van der Waals surface area contributed by atoms with Gasteiger partial charge in [0.15, 0.2) is 6.10 Å². The van der Waals surface area contributed by atoms with Gasteiger partial charge in [-0.1, -0.05) is 18.2 Å². The maximum atomic E-state index is 14.5. The van der Waals surface area contributed by atoms with E-state index in [-0.39, 0.29) is 16.8 Å². The number of aliphatic carboxylic acids is 1. The number of alkyl halides is 3. The van der Waals surface area contributed by atoms with Gasteiger partial charge in [-0.05, 0) is 35.4 Å². The Morgan fingerprint density at radius 3 is 2.52 bits per heavy atom. The van der Waals surface area contributed by atoms with Crippen LogP contribution in [0.2, 0.25) is 0 Å². The Labute approximate surface area is 172 Å². The Kier molecular flexibility index (Phi) is 5.94. The number of carbonyl (C=O) groups is 2. The van der Waals surface area contributed by atoms with Crippen molar-refractivity contribution in [1.29, 1.82) is 5.26 Å². The molecule has 0 bridgehead atoms. The molecule has 1 unspecified atom stereocenters. The molecular formula is C20H12F4N2O5. The molecule has 0 saturated carbocycles. The van der Waals surface area contributed by atoms with Gasteiger partial charge in [-0.25, -0.2) is 9.18 Å². The van der Waals surface area contributed by atoms with Crippen LogP contribution < -0.4 is 10.1 Å². The first-order valence-corrected chi connectivity index (χ1v) is 8.53. The number of carbonyl (C=O) groups excluding carboxylic acids is 1. The Morgan fingerprint density at radius 2 is 1.90 bits per heavy atom. The van der Waals surface area contributed by atoms with Crippen LogP contribution in [-0.2, 0) is 14.3 Å². The van der Waals surface area contributed by atoms with Gasteiger partial charge in [0.05, 0.1) is 29.5 Å². The van der Waals surface area contributed by atoms with E-state index in [0.29, 0.717) is 0 Å². The summed E-state index contributed by atoms with van der Waals surface area (Å²) in [6, 6.07) is 10.00. The Hall–Kier alpha value is -3.91. The summed E-state index contributed by atoms with van der Waals surface area (Å²) in [6.07, 6.45) is -6.29. The van der Waals surface area contributed by atoms with Gasteiger partial charge in [0.2, 0.25) is 0 Å². The molecule has 11 heteroatoms. The molecule has 2 aromatic rings. The number of hydrogen-bond donors (Lipinski definition) is 2. The Balaban J connectivity index is 1.84. The lowest BCUT2D eigenvalue weighted by molar-refractivity contribution is -0.274. The molecule has 7 nitrogen and oxygen atoms in total. The summed E-state index contributed by atoms with van der Waals surface area (Å²) in [4.78, 5) is 23.7. The van der Waals surface area contributed by atoms with Crippen molar-refractivity contribution in [3.8, 4) is 22.9 Å². The zero-order chi connectivity index (χ0) is 22.8. The number of amides is 1. The monoisotopic (exact) mass is 436 g/mol. The number of anilines is 1. The molecule has 0 aliphatic carbocycles. The van der Waals surface area contributed by atoms with Crippen molar-refractivity contribution in [3.63, 3.8) is 0 Å². The van der Waals surface area contributed by atoms with Gasteiger partial charge in [-0.3, -0.25) is 4.79 Å². The van der Waals surface area contributed by atoms with Crippen LogP contribution in [0.4, 0.5) is 23.2 Å². The highest BCUT2D eigenvalue weighted by atomic mass is 19.4. The van der Waals surface area contributed by atoms with Gasteiger partial charge in [0, 0.05) is 0 Å². The van der Waals surface area contributed by atoms with Crippen LogP contribution in [0.15, 0.2) is 53.6 Å². The minimum Gasteiger partial charge on any atom is -0.478 e. The maximum Gasteiger partial charge on any atom is 0.573 e. The summed E-state index contributed by atoms with van der Waals surface area (Å²) in [7, 11) is 0. The van der Waals surface area contributed by atoms with E-state index in [1.165, 1.54) is 18.2 Å². The number of benzene rings is 2. The second-order valence-electron chi connectivity index (χ2n) is 6.24. The van der Waals surface area contributed by atoms with Crippen molar-refractivity contribution in [1.82, 2.24) is 0 Å². The van der Waals surface area contributed by atoms with Crippen molar-refractivity contribution in [2.75, 3.05) is 11.9 Å². The third kappa shape index (κ3) is 4.99. The molecule has 2 N–H and O–H groups in total.